The third kappa shape index (κ3) is 4.61. The first kappa shape index (κ1) is 22.0. The number of likely N-dealkylation sites (N-methyl/N-ethyl adjacent to an activating group) is 1. The van der Waals surface area contributed by atoms with Gasteiger partial charge in [-0.3, -0.25) is 4.79 Å². The fourth-order valence-corrected chi connectivity index (χ4v) is 4.27. The number of piperazine rings is 1. The van der Waals surface area contributed by atoms with E-state index in [9.17, 15) is 4.79 Å². The predicted molar refractivity (Wildman–Crippen MR) is 139 cm³/mol. The van der Waals surface area contributed by atoms with Crippen LogP contribution in [0.25, 0.3) is 22.2 Å². The summed E-state index contributed by atoms with van der Waals surface area (Å²) >= 11 is 0. The molecule has 1 fully saturated rings. The van der Waals surface area contributed by atoms with E-state index in [1.807, 2.05) is 36.5 Å². The Labute approximate surface area is 200 Å². The monoisotopic (exact) mass is 454 g/mol. The first-order chi connectivity index (χ1) is 16.5. The number of fused-ring (bicyclic) bond motifs is 1. The van der Waals surface area contributed by atoms with E-state index in [-0.39, 0.29) is 5.91 Å². The molecule has 5 rings (SSSR count). The van der Waals surface area contributed by atoms with Gasteiger partial charge in [-0.2, -0.15) is 0 Å². The Balaban J connectivity index is 1.30. The second kappa shape index (κ2) is 9.19. The van der Waals surface area contributed by atoms with Gasteiger partial charge in [0, 0.05) is 80.6 Å². The first-order valence-electron chi connectivity index (χ1n) is 11.6. The summed E-state index contributed by atoms with van der Waals surface area (Å²) in [5.41, 5.74) is 5.98. The van der Waals surface area contributed by atoms with Crippen LogP contribution in [0, 0.1) is 0 Å². The average molecular weight is 455 g/mol. The van der Waals surface area contributed by atoms with Gasteiger partial charge < -0.3 is 25.0 Å². The molecule has 2 aromatic heterocycles. The second-order valence-electron chi connectivity index (χ2n) is 9.08. The SMILES string of the molecule is CN1CCN(c2ccc(Nc3cc4[nH]c(-c5ccc(C(=O)N(C)C)cc5)cc4cn3)cc2)CC1. The lowest BCUT2D eigenvalue weighted by molar-refractivity contribution is 0.0827. The van der Waals surface area contributed by atoms with E-state index in [0.717, 1.165) is 59.8 Å². The molecule has 0 spiro atoms. The van der Waals surface area contributed by atoms with Crippen LogP contribution >= 0.6 is 0 Å². The Bertz CT molecular complexity index is 1290. The van der Waals surface area contributed by atoms with Gasteiger partial charge in [0.1, 0.15) is 5.82 Å². The van der Waals surface area contributed by atoms with Crippen molar-refractivity contribution in [3.05, 3.63) is 72.4 Å². The Morgan fingerprint density at radius 2 is 1.68 bits per heavy atom. The minimum atomic E-state index is -0.000298. The number of hydrogen-bond acceptors (Lipinski definition) is 5. The molecule has 2 aromatic carbocycles. The van der Waals surface area contributed by atoms with Gasteiger partial charge in [0.25, 0.3) is 5.91 Å². The van der Waals surface area contributed by atoms with Gasteiger partial charge in [-0.05, 0) is 55.1 Å². The highest BCUT2D eigenvalue weighted by molar-refractivity contribution is 5.94. The molecular formula is C27H30N6O. The molecule has 4 aromatic rings. The van der Waals surface area contributed by atoms with Gasteiger partial charge in [-0.25, -0.2) is 4.98 Å². The van der Waals surface area contributed by atoms with Crippen LogP contribution in [0.1, 0.15) is 10.4 Å². The number of nitrogens with zero attached hydrogens (tertiary/aromatic N) is 4. The molecule has 34 heavy (non-hydrogen) atoms. The number of rotatable bonds is 5. The average Bonchev–Trinajstić information content (AvgIpc) is 3.28. The number of pyridine rings is 1. The number of nitrogens with one attached hydrogen (secondary N) is 2. The molecule has 0 bridgehead atoms. The maximum Gasteiger partial charge on any atom is 0.253 e. The highest BCUT2D eigenvalue weighted by atomic mass is 16.2. The molecule has 1 aliphatic rings. The molecule has 1 saturated heterocycles. The summed E-state index contributed by atoms with van der Waals surface area (Å²) in [5, 5.41) is 4.45. The van der Waals surface area contributed by atoms with Crippen molar-refractivity contribution >= 4 is 34.0 Å². The van der Waals surface area contributed by atoms with Crippen molar-refractivity contribution in [3.63, 3.8) is 0 Å². The largest absolute Gasteiger partial charge is 0.369 e. The Morgan fingerprint density at radius 1 is 0.971 bits per heavy atom. The summed E-state index contributed by atoms with van der Waals surface area (Å²) in [6.45, 7) is 4.32. The first-order valence-corrected chi connectivity index (χ1v) is 11.6. The van der Waals surface area contributed by atoms with Gasteiger partial charge in [-0.1, -0.05) is 12.1 Å². The Kier molecular flexibility index (Phi) is 5.94. The van der Waals surface area contributed by atoms with Crippen LogP contribution in [0.15, 0.2) is 66.9 Å². The number of amides is 1. The third-order valence-corrected chi connectivity index (χ3v) is 6.36. The zero-order valence-electron chi connectivity index (χ0n) is 19.9. The van der Waals surface area contributed by atoms with Crippen LogP contribution in [-0.4, -0.2) is 73.0 Å². The van der Waals surface area contributed by atoms with Crippen molar-refractivity contribution in [2.45, 2.75) is 0 Å². The van der Waals surface area contributed by atoms with E-state index in [0.29, 0.717) is 5.56 Å². The molecular weight excluding hydrogens is 424 g/mol. The summed E-state index contributed by atoms with van der Waals surface area (Å²) in [7, 11) is 5.69. The molecule has 7 heteroatoms. The van der Waals surface area contributed by atoms with Gasteiger partial charge in [0.15, 0.2) is 0 Å². The van der Waals surface area contributed by atoms with Crippen LogP contribution < -0.4 is 10.2 Å². The van der Waals surface area contributed by atoms with Gasteiger partial charge in [-0.15, -0.1) is 0 Å². The normalized spacial score (nSPS) is 14.4. The minimum Gasteiger partial charge on any atom is -0.369 e. The fourth-order valence-electron chi connectivity index (χ4n) is 4.27. The maximum absolute atomic E-state index is 12.1. The molecule has 2 N–H and O–H groups in total. The molecule has 1 amide bonds. The lowest BCUT2D eigenvalue weighted by atomic mass is 10.1. The lowest BCUT2D eigenvalue weighted by Crippen LogP contribution is -2.44. The van der Waals surface area contributed by atoms with Crippen molar-refractivity contribution in [1.29, 1.82) is 0 Å². The number of anilines is 3. The van der Waals surface area contributed by atoms with E-state index in [2.05, 4.69) is 62.5 Å². The van der Waals surface area contributed by atoms with E-state index >= 15 is 0 Å². The molecule has 1 aliphatic heterocycles. The summed E-state index contributed by atoms with van der Waals surface area (Å²) in [4.78, 5) is 26.6. The van der Waals surface area contributed by atoms with Crippen LogP contribution in [0.3, 0.4) is 0 Å². The highest BCUT2D eigenvalue weighted by Gasteiger charge is 2.14. The number of benzene rings is 2. The number of hydrogen-bond donors (Lipinski definition) is 2. The molecule has 0 unspecified atom stereocenters. The third-order valence-electron chi connectivity index (χ3n) is 6.36. The standard InChI is InChI=1S/C27H30N6O/c1-31(2)27(34)20-6-4-19(5-7-20)24-16-21-18-28-26(17-25(21)30-24)29-22-8-10-23(11-9-22)33-14-12-32(3)13-15-33/h4-11,16-18,30H,12-15H2,1-3H3,(H,28,29). The zero-order chi connectivity index (χ0) is 23.7. The van der Waals surface area contributed by atoms with Crippen LogP contribution in [-0.2, 0) is 0 Å². The van der Waals surface area contributed by atoms with E-state index in [1.54, 1.807) is 19.0 Å². The van der Waals surface area contributed by atoms with Crippen molar-refractivity contribution in [1.82, 2.24) is 19.8 Å². The summed E-state index contributed by atoms with van der Waals surface area (Å²) in [5.74, 6) is 0.792. The molecule has 174 valence electrons. The number of H-pyrrole nitrogens is 1. The molecule has 0 radical (unpaired) electrons. The number of aromatic nitrogens is 2. The zero-order valence-corrected chi connectivity index (χ0v) is 19.9. The van der Waals surface area contributed by atoms with E-state index < -0.39 is 0 Å². The van der Waals surface area contributed by atoms with Crippen molar-refractivity contribution < 1.29 is 4.79 Å². The number of carbonyl (C=O) groups excluding carboxylic acids is 1. The van der Waals surface area contributed by atoms with Crippen LogP contribution in [0.2, 0.25) is 0 Å². The summed E-state index contributed by atoms with van der Waals surface area (Å²) < 4.78 is 0. The quantitative estimate of drug-likeness (QED) is 0.467. The second-order valence-corrected chi connectivity index (χ2v) is 9.08. The maximum atomic E-state index is 12.1. The molecule has 0 aliphatic carbocycles. The van der Waals surface area contributed by atoms with Crippen LogP contribution in [0.4, 0.5) is 17.2 Å². The summed E-state index contributed by atoms with van der Waals surface area (Å²) in [6, 6.07) is 20.3. The highest BCUT2D eigenvalue weighted by Crippen LogP contribution is 2.27. The van der Waals surface area contributed by atoms with Crippen molar-refractivity contribution in [3.8, 4) is 11.3 Å². The smallest absolute Gasteiger partial charge is 0.253 e. The number of aromatic amines is 1. The van der Waals surface area contributed by atoms with Crippen molar-refractivity contribution in [2.75, 3.05) is 57.5 Å². The van der Waals surface area contributed by atoms with E-state index in [1.165, 1.54) is 5.69 Å². The lowest BCUT2D eigenvalue weighted by Gasteiger charge is -2.34. The summed E-state index contributed by atoms with van der Waals surface area (Å²) in [6.07, 6.45) is 1.88. The van der Waals surface area contributed by atoms with Gasteiger partial charge in [0.2, 0.25) is 0 Å². The Hall–Kier alpha value is -3.84. The van der Waals surface area contributed by atoms with E-state index in [4.69, 9.17) is 0 Å². The topological polar surface area (TPSA) is 67.5 Å². The molecule has 0 atom stereocenters. The number of carbonyl (C=O) groups is 1. The van der Waals surface area contributed by atoms with Crippen molar-refractivity contribution in [2.24, 2.45) is 0 Å². The molecule has 0 saturated carbocycles. The molecule has 7 nitrogen and oxygen atoms in total. The predicted octanol–water partition coefficient (Wildman–Crippen LogP) is 4.43. The fraction of sp³-hybridized carbons (Fsp3) is 0.259. The molecule has 3 heterocycles. The Morgan fingerprint density at radius 3 is 2.35 bits per heavy atom. The van der Waals surface area contributed by atoms with Crippen LogP contribution in [0.5, 0.6) is 0 Å². The van der Waals surface area contributed by atoms with Gasteiger partial charge >= 0.3 is 0 Å². The minimum absolute atomic E-state index is 0.000298. The van der Waals surface area contributed by atoms with Gasteiger partial charge in [0.05, 0.1) is 5.52 Å².